The van der Waals surface area contributed by atoms with Crippen molar-refractivity contribution in [1.82, 2.24) is 4.90 Å². The number of carbonyl (C=O) groups excluding carboxylic acids is 2. The summed E-state index contributed by atoms with van der Waals surface area (Å²) in [6, 6.07) is 12.0. The minimum absolute atomic E-state index is 0.0791. The first-order chi connectivity index (χ1) is 13.3. The lowest BCUT2D eigenvalue weighted by atomic mass is 9.95. The Morgan fingerprint density at radius 1 is 1.18 bits per heavy atom. The third-order valence-corrected chi connectivity index (χ3v) is 4.57. The average molecular weight is 383 g/mol. The molecule has 1 amide bonds. The zero-order valence-corrected chi connectivity index (χ0v) is 15.5. The van der Waals surface area contributed by atoms with Crippen molar-refractivity contribution in [1.29, 1.82) is 0 Å². The zero-order chi connectivity index (χ0) is 20.4. The summed E-state index contributed by atoms with van der Waals surface area (Å²) in [5, 5.41) is 30.5. The topological polar surface area (TPSA) is 107 Å². The highest BCUT2D eigenvalue weighted by Crippen LogP contribution is 2.41. The molecule has 0 radical (unpaired) electrons. The van der Waals surface area contributed by atoms with Gasteiger partial charge in [0.05, 0.1) is 24.8 Å². The minimum Gasteiger partial charge on any atom is -0.507 e. The van der Waals surface area contributed by atoms with Crippen LogP contribution in [0.4, 0.5) is 0 Å². The Hall–Kier alpha value is -3.32. The molecule has 28 heavy (non-hydrogen) atoms. The normalized spacial score (nSPS) is 19.7. The van der Waals surface area contributed by atoms with Gasteiger partial charge in [-0.05, 0) is 24.6 Å². The van der Waals surface area contributed by atoms with E-state index in [4.69, 9.17) is 4.74 Å². The number of phenolic OH excluding ortho intramolecular Hbond substituents is 1. The standard InChI is InChI=1S/C21H21NO6/c1-12(23)11-22-18(14-8-9-15(24)16(10-14)28-2)17(20(26)21(22)27)19(25)13-6-4-3-5-7-13/h3-10,12,18,23-25H,11H2,1-2H3/t12-,18+/m0/s1. The number of amides is 1. The second-order valence-electron chi connectivity index (χ2n) is 6.60. The molecule has 3 N–H and O–H groups in total. The van der Waals surface area contributed by atoms with Crippen LogP contribution in [0.15, 0.2) is 54.1 Å². The van der Waals surface area contributed by atoms with Crippen LogP contribution in [0.5, 0.6) is 11.5 Å². The van der Waals surface area contributed by atoms with Gasteiger partial charge in [0.15, 0.2) is 11.5 Å². The highest BCUT2D eigenvalue weighted by atomic mass is 16.5. The smallest absolute Gasteiger partial charge is 0.295 e. The molecule has 0 spiro atoms. The second-order valence-corrected chi connectivity index (χ2v) is 6.60. The molecule has 0 bridgehead atoms. The van der Waals surface area contributed by atoms with Gasteiger partial charge in [-0.2, -0.15) is 0 Å². The van der Waals surface area contributed by atoms with Gasteiger partial charge in [0, 0.05) is 12.1 Å². The van der Waals surface area contributed by atoms with Crippen LogP contribution in [0.25, 0.3) is 5.76 Å². The molecule has 0 unspecified atom stereocenters. The molecule has 1 aliphatic rings. The van der Waals surface area contributed by atoms with Gasteiger partial charge in [0.2, 0.25) is 0 Å². The lowest BCUT2D eigenvalue weighted by Gasteiger charge is -2.26. The van der Waals surface area contributed by atoms with E-state index in [0.717, 1.165) is 0 Å². The van der Waals surface area contributed by atoms with Gasteiger partial charge in [0.1, 0.15) is 5.76 Å². The van der Waals surface area contributed by atoms with E-state index < -0.39 is 23.8 Å². The molecule has 1 saturated heterocycles. The first kappa shape index (κ1) is 19.4. The number of benzene rings is 2. The van der Waals surface area contributed by atoms with Crippen molar-refractivity contribution < 1.29 is 29.6 Å². The third kappa shape index (κ3) is 3.44. The Kier molecular flexibility index (Phi) is 5.37. The van der Waals surface area contributed by atoms with Crippen LogP contribution in [0.2, 0.25) is 0 Å². The Morgan fingerprint density at radius 3 is 2.46 bits per heavy atom. The molecule has 146 valence electrons. The third-order valence-electron chi connectivity index (χ3n) is 4.57. The average Bonchev–Trinajstić information content (AvgIpc) is 2.93. The number of rotatable bonds is 5. The van der Waals surface area contributed by atoms with Crippen LogP contribution in [-0.2, 0) is 9.59 Å². The first-order valence-corrected chi connectivity index (χ1v) is 8.74. The lowest BCUT2D eigenvalue weighted by Crippen LogP contribution is -2.35. The Morgan fingerprint density at radius 2 is 1.86 bits per heavy atom. The molecule has 1 fully saturated rings. The van der Waals surface area contributed by atoms with E-state index in [2.05, 4.69) is 0 Å². The molecular weight excluding hydrogens is 362 g/mol. The van der Waals surface area contributed by atoms with Crippen molar-refractivity contribution >= 4 is 17.4 Å². The molecule has 2 atom stereocenters. The number of aromatic hydroxyl groups is 1. The van der Waals surface area contributed by atoms with Crippen LogP contribution in [0.3, 0.4) is 0 Å². The van der Waals surface area contributed by atoms with Crippen LogP contribution < -0.4 is 4.74 Å². The highest BCUT2D eigenvalue weighted by Gasteiger charge is 2.46. The summed E-state index contributed by atoms with van der Waals surface area (Å²) in [6.45, 7) is 1.41. The van der Waals surface area contributed by atoms with Crippen molar-refractivity contribution in [3.8, 4) is 11.5 Å². The molecule has 2 aromatic carbocycles. The van der Waals surface area contributed by atoms with E-state index in [1.807, 2.05) is 0 Å². The van der Waals surface area contributed by atoms with Crippen molar-refractivity contribution in [2.45, 2.75) is 19.1 Å². The summed E-state index contributed by atoms with van der Waals surface area (Å²) in [5.74, 6) is -1.87. The van der Waals surface area contributed by atoms with Gasteiger partial charge in [0.25, 0.3) is 11.7 Å². The number of Topliss-reactive ketones (excluding diaryl/α,β-unsaturated/α-hetero) is 1. The number of hydrogen-bond acceptors (Lipinski definition) is 6. The molecule has 2 aromatic rings. The number of phenols is 1. The van der Waals surface area contributed by atoms with Crippen molar-refractivity contribution in [3.63, 3.8) is 0 Å². The number of ether oxygens (including phenoxy) is 1. The molecular formula is C21H21NO6. The number of β-amino-alcohol motifs (C(OH)–C–C–N with tert-alkyl or cyclic N) is 1. The van der Waals surface area contributed by atoms with E-state index >= 15 is 0 Å². The number of hydrogen-bond donors (Lipinski definition) is 3. The summed E-state index contributed by atoms with van der Waals surface area (Å²) < 4.78 is 5.13. The summed E-state index contributed by atoms with van der Waals surface area (Å²) in [4.78, 5) is 26.6. The van der Waals surface area contributed by atoms with Crippen LogP contribution in [0, 0.1) is 0 Å². The van der Waals surface area contributed by atoms with Crippen LogP contribution >= 0.6 is 0 Å². The molecule has 7 nitrogen and oxygen atoms in total. The number of methoxy groups -OCH3 is 1. The Labute approximate surface area is 162 Å². The number of nitrogens with zero attached hydrogens (tertiary/aromatic N) is 1. The second kappa shape index (κ2) is 7.74. The van der Waals surface area contributed by atoms with Gasteiger partial charge in [-0.15, -0.1) is 0 Å². The van der Waals surface area contributed by atoms with Crippen LogP contribution in [-0.4, -0.2) is 51.7 Å². The molecule has 3 rings (SSSR count). The fraction of sp³-hybridized carbons (Fsp3) is 0.238. The fourth-order valence-electron chi connectivity index (χ4n) is 3.32. The Bertz CT molecular complexity index is 935. The molecule has 7 heteroatoms. The number of carbonyl (C=O) groups is 2. The van der Waals surface area contributed by atoms with E-state index in [1.54, 1.807) is 36.4 Å². The van der Waals surface area contributed by atoms with Crippen molar-refractivity contribution in [2.24, 2.45) is 0 Å². The minimum atomic E-state index is -0.927. The van der Waals surface area contributed by atoms with E-state index in [0.29, 0.717) is 11.1 Å². The van der Waals surface area contributed by atoms with Gasteiger partial charge < -0.3 is 25.0 Å². The molecule has 1 heterocycles. The monoisotopic (exact) mass is 383 g/mol. The molecule has 0 saturated carbocycles. The summed E-state index contributed by atoms with van der Waals surface area (Å²) in [7, 11) is 1.38. The van der Waals surface area contributed by atoms with Crippen LogP contribution in [0.1, 0.15) is 24.1 Å². The lowest BCUT2D eigenvalue weighted by molar-refractivity contribution is -0.140. The SMILES string of the molecule is COc1cc([C@@H]2C(=C(O)c3ccccc3)C(=O)C(=O)N2C[C@H](C)O)ccc1O. The first-order valence-electron chi connectivity index (χ1n) is 8.74. The number of aliphatic hydroxyl groups is 2. The van der Waals surface area contributed by atoms with E-state index in [-0.39, 0.29) is 29.4 Å². The van der Waals surface area contributed by atoms with Gasteiger partial charge >= 0.3 is 0 Å². The van der Waals surface area contributed by atoms with E-state index in [1.165, 1.54) is 31.1 Å². The maximum Gasteiger partial charge on any atom is 0.295 e. The Balaban J connectivity index is 2.21. The zero-order valence-electron chi connectivity index (χ0n) is 15.5. The molecule has 0 aromatic heterocycles. The fourth-order valence-corrected chi connectivity index (χ4v) is 3.32. The van der Waals surface area contributed by atoms with E-state index in [9.17, 15) is 24.9 Å². The predicted molar refractivity (Wildman–Crippen MR) is 102 cm³/mol. The predicted octanol–water partition coefficient (Wildman–Crippen LogP) is 2.20. The van der Waals surface area contributed by atoms with Gasteiger partial charge in [-0.1, -0.05) is 36.4 Å². The quantitative estimate of drug-likeness (QED) is 0.415. The summed E-state index contributed by atoms with van der Waals surface area (Å²) in [5.41, 5.74) is 0.782. The molecule has 0 aliphatic carbocycles. The van der Waals surface area contributed by atoms with Gasteiger partial charge in [-0.25, -0.2) is 0 Å². The number of likely N-dealkylation sites (tertiary alicyclic amines) is 1. The van der Waals surface area contributed by atoms with Crippen molar-refractivity contribution in [3.05, 3.63) is 65.2 Å². The summed E-state index contributed by atoms with van der Waals surface area (Å²) in [6.07, 6.45) is -0.878. The highest BCUT2D eigenvalue weighted by molar-refractivity contribution is 6.46. The maximum atomic E-state index is 12.7. The molecule has 1 aliphatic heterocycles. The number of ketones is 1. The number of aliphatic hydroxyl groups excluding tert-OH is 2. The largest absolute Gasteiger partial charge is 0.507 e. The van der Waals surface area contributed by atoms with Crippen molar-refractivity contribution in [2.75, 3.05) is 13.7 Å². The maximum absolute atomic E-state index is 12.7. The summed E-state index contributed by atoms with van der Waals surface area (Å²) >= 11 is 0. The van der Waals surface area contributed by atoms with Gasteiger partial charge in [-0.3, -0.25) is 9.59 Å².